The maximum Gasteiger partial charge on any atom is 0.308 e. The van der Waals surface area contributed by atoms with Gasteiger partial charge in [-0.2, -0.15) is 0 Å². The highest BCUT2D eigenvalue weighted by Gasteiger charge is 2.15. The van der Waals surface area contributed by atoms with E-state index in [0.717, 1.165) is 0 Å². The zero-order valence-corrected chi connectivity index (χ0v) is 13.4. The van der Waals surface area contributed by atoms with Crippen molar-refractivity contribution in [2.45, 2.75) is 26.6 Å². The van der Waals surface area contributed by atoms with Crippen molar-refractivity contribution < 1.29 is 19.1 Å². The van der Waals surface area contributed by atoms with E-state index in [4.69, 9.17) is 9.47 Å². The van der Waals surface area contributed by atoms with Crippen molar-refractivity contribution in [3.05, 3.63) is 23.3 Å². The van der Waals surface area contributed by atoms with E-state index in [2.05, 4.69) is 31.1 Å². The standard InChI is InChI=1S/C15H18O4Si/c1-11(17)19-15-13(6-7-20(3,4)5)8-12(10-16)9-14(15)18-2/h8-10H,1-5H3. The van der Waals surface area contributed by atoms with Crippen LogP contribution in [0.15, 0.2) is 12.1 Å². The predicted octanol–water partition coefficient (Wildman–Crippen LogP) is 2.66. The SMILES string of the molecule is COc1cc(C=O)cc(C#C[Si](C)(C)C)c1OC(C)=O. The molecular weight excluding hydrogens is 272 g/mol. The molecule has 4 nitrogen and oxygen atoms in total. The van der Waals surface area contributed by atoms with Crippen LogP contribution in [0.4, 0.5) is 0 Å². The molecular formula is C15H18O4Si. The minimum atomic E-state index is -1.59. The number of carbonyl (C=O) groups excluding carboxylic acids is 2. The smallest absolute Gasteiger partial charge is 0.308 e. The van der Waals surface area contributed by atoms with Crippen molar-refractivity contribution in [1.82, 2.24) is 0 Å². The molecule has 1 rings (SSSR count). The molecule has 0 spiro atoms. The number of rotatable bonds is 3. The van der Waals surface area contributed by atoms with Gasteiger partial charge in [0.1, 0.15) is 14.4 Å². The van der Waals surface area contributed by atoms with Crippen LogP contribution in [0.5, 0.6) is 11.5 Å². The molecule has 0 saturated carbocycles. The summed E-state index contributed by atoms with van der Waals surface area (Å²) in [5, 5.41) is 0. The third-order valence-electron chi connectivity index (χ3n) is 2.25. The zero-order valence-electron chi connectivity index (χ0n) is 12.4. The Kier molecular flexibility index (Phi) is 5.11. The summed E-state index contributed by atoms with van der Waals surface area (Å²) >= 11 is 0. The number of carbonyl (C=O) groups is 2. The van der Waals surface area contributed by atoms with E-state index in [1.54, 1.807) is 6.07 Å². The molecule has 0 saturated heterocycles. The number of hydrogen-bond donors (Lipinski definition) is 0. The van der Waals surface area contributed by atoms with Crippen LogP contribution in [0.25, 0.3) is 0 Å². The van der Waals surface area contributed by atoms with Crippen LogP contribution in [-0.4, -0.2) is 27.4 Å². The molecule has 0 heterocycles. The number of esters is 1. The molecule has 1 aromatic rings. The zero-order chi connectivity index (χ0) is 15.3. The summed E-state index contributed by atoms with van der Waals surface area (Å²) in [7, 11) is -0.138. The quantitative estimate of drug-likeness (QED) is 0.282. The molecule has 0 radical (unpaired) electrons. The van der Waals surface area contributed by atoms with Crippen LogP contribution in [-0.2, 0) is 4.79 Å². The molecule has 0 aliphatic heterocycles. The van der Waals surface area contributed by atoms with E-state index in [0.29, 0.717) is 23.2 Å². The number of ether oxygens (including phenoxy) is 2. The van der Waals surface area contributed by atoms with E-state index in [1.165, 1.54) is 20.1 Å². The van der Waals surface area contributed by atoms with E-state index < -0.39 is 14.0 Å². The third-order valence-corrected chi connectivity index (χ3v) is 3.13. The first-order valence-corrected chi connectivity index (χ1v) is 9.65. The summed E-state index contributed by atoms with van der Waals surface area (Å²) < 4.78 is 10.3. The fourth-order valence-electron chi connectivity index (χ4n) is 1.44. The van der Waals surface area contributed by atoms with Crippen molar-refractivity contribution in [3.63, 3.8) is 0 Å². The van der Waals surface area contributed by atoms with Crippen LogP contribution >= 0.6 is 0 Å². The summed E-state index contributed by atoms with van der Waals surface area (Å²) in [4.78, 5) is 22.2. The molecule has 0 atom stereocenters. The second-order valence-corrected chi connectivity index (χ2v) is 10.1. The van der Waals surface area contributed by atoms with Gasteiger partial charge in [-0.3, -0.25) is 9.59 Å². The van der Waals surface area contributed by atoms with Gasteiger partial charge in [-0.25, -0.2) is 0 Å². The molecule has 20 heavy (non-hydrogen) atoms. The maximum atomic E-state index is 11.2. The third kappa shape index (κ3) is 4.56. The monoisotopic (exact) mass is 290 g/mol. The van der Waals surface area contributed by atoms with E-state index in [1.807, 2.05) is 0 Å². The van der Waals surface area contributed by atoms with E-state index >= 15 is 0 Å². The number of aldehydes is 1. The van der Waals surface area contributed by atoms with Gasteiger partial charge < -0.3 is 9.47 Å². The van der Waals surface area contributed by atoms with Crippen molar-refractivity contribution in [3.8, 4) is 23.0 Å². The first-order valence-electron chi connectivity index (χ1n) is 6.15. The first-order chi connectivity index (χ1) is 9.26. The Morgan fingerprint density at radius 3 is 2.40 bits per heavy atom. The largest absolute Gasteiger partial charge is 0.493 e. The van der Waals surface area contributed by atoms with Gasteiger partial charge in [-0.05, 0) is 12.1 Å². The second-order valence-electron chi connectivity index (χ2n) is 5.31. The summed E-state index contributed by atoms with van der Waals surface area (Å²) in [6, 6.07) is 3.12. The molecule has 0 aliphatic carbocycles. The van der Waals surface area contributed by atoms with Crippen LogP contribution < -0.4 is 9.47 Å². The summed E-state index contributed by atoms with van der Waals surface area (Å²) in [5.74, 6) is 3.13. The fourth-order valence-corrected chi connectivity index (χ4v) is 1.95. The van der Waals surface area contributed by atoms with Crippen molar-refractivity contribution in [2.75, 3.05) is 7.11 Å². The molecule has 0 unspecified atom stereocenters. The van der Waals surface area contributed by atoms with Gasteiger partial charge >= 0.3 is 5.97 Å². The number of methoxy groups -OCH3 is 1. The predicted molar refractivity (Wildman–Crippen MR) is 79.9 cm³/mol. The Bertz CT molecular complexity index is 588. The molecule has 0 N–H and O–H groups in total. The molecule has 5 heteroatoms. The highest BCUT2D eigenvalue weighted by atomic mass is 28.3. The fraction of sp³-hybridized carbons (Fsp3) is 0.333. The van der Waals surface area contributed by atoms with Gasteiger partial charge in [0.2, 0.25) is 0 Å². The van der Waals surface area contributed by atoms with E-state index in [-0.39, 0.29) is 5.75 Å². The molecule has 0 amide bonds. The van der Waals surface area contributed by atoms with Gasteiger partial charge in [0.25, 0.3) is 0 Å². The average Bonchev–Trinajstić information content (AvgIpc) is 2.35. The van der Waals surface area contributed by atoms with Crippen LogP contribution in [0, 0.1) is 11.5 Å². The van der Waals surface area contributed by atoms with Crippen LogP contribution in [0.3, 0.4) is 0 Å². The second kappa shape index (κ2) is 6.39. The van der Waals surface area contributed by atoms with Crippen molar-refractivity contribution in [2.24, 2.45) is 0 Å². The van der Waals surface area contributed by atoms with Crippen LogP contribution in [0.1, 0.15) is 22.8 Å². The van der Waals surface area contributed by atoms with Gasteiger partial charge in [-0.15, -0.1) is 5.54 Å². The molecule has 0 aliphatic rings. The average molecular weight is 290 g/mol. The number of hydrogen-bond acceptors (Lipinski definition) is 4. The van der Waals surface area contributed by atoms with Crippen molar-refractivity contribution >= 4 is 20.3 Å². The van der Waals surface area contributed by atoms with Crippen LogP contribution in [0.2, 0.25) is 19.6 Å². The lowest BCUT2D eigenvalue weighted by molar-refractivity contribution is -0.132. The lowest BCUT2D eigenvalue weighted by Gasteiger charge is -2.11. The minimum Gasteiger partial charge on any atom is -0.493 e. The highest BCUT2D eigenvalue weighted by Crippen LogP contribution is 2.32. The summed E-state index contributed by atoms with van der Waals surface area (Å²) in [6.07, 6.45) is 0.708. The minimum absolute atomic E-state index is 0.261. The lowest BCUT2D eigenvalue weighted by Crippen LogP contribution is -2.16. The highest BCUT2D eigenvalue weighted by molar-refractivity contribution is 6.83. The Labute approximate surface area is 120 Å². The Hall–Kier alpha value is -2.06. The lowest BCUT2D eigenvalue weighted by atomic mass is 10.1. The molecule has 106 valence electrons. The molecule has 0 bridgehead atoms. The summed E-state index contributed by atoms with van der Waals surface area (Å²) in [5.41, 5.74) is 4.10. The van der Waals surface area contributed by atoms with Gasteiger partial charge in [-0.1, -0.05) is 25.6 Å². The topological polar surface area (TPSA) is 52.6 Å². The van der Waals surface area contributed by atoms with Crippen molar-refractivity contribution in [1.29, 1.82) is 0 Å². The number of benzene rings is 1. The Morgan fingerprint density at radius 2 is 1.95 bits per heavy atom. The van der Waals surface area contributed by atoms with Gasteiger partial charge in [0, 0.05) is 12.5 Å². The summed E-state index contributed by atoms with van der Waals surface area (Å²) in [6.45, 7) is 7.62. The first kappa shape index (κ1) is 16.0. The van der Waals surface area contributed by atoms with E-state index in [9.17, 15) is 9.59 Å². The van der Waals surface area contributed by atoms with Gasteiger partial charge in [0.15, 0.2) is 11.5 Å². The normalized spacial score (nSPS) is 10.2. The molecule has 0 aromatic heterocycles. The van der Waals surface area contributed by atoms with Gasteiger partial charge in [0.05, 0.1) is 12.7 Å². The molecule has 1 aromatic carbocycles. The Morgan fingerprint density at radius 1 is 1.30 bits per heavy atom. The molecule has 0 fully saturated rings. The maximum absolute atomic E-state index is 11.2. The Balaban J connectivity index is 3.46.